The average Bonchev–Trinajstić information content (AvgIpc) is 2.66. The summed E-state index contributed by atoms with van der Waals surface area (Å²) in [6, 6.07) is 0.614. The predicted molar refractivity (Wildman–Crippen MR) is 59.9 cm³/mol. The summed E-state index contributed by atoms with van der Waals surface area (Å²) in [5, 5.41) is 10.3. The molecule has 0 spiro atoms. The van der Waals surface area contributed by atoms with Gasteiger partial charge in [-0.05, 0) is 32.7 Å². The van der Waals surface area contributed by atoms with E-state index in [1.54, 1.807) is 0 Å². The van der Waals surface area contributed by atoms with E-state index in [1.807, 2.05) is 0 Å². The van der Waals surface area contributed by atoms with Crippen LogP contribution in [-0.4, -0.2) is 48.5 Å². The first-order valence-corrected chi connectivity index (χ1v) is 6.20. The van der Waals surface area contributed by atoms with Crippen LogP contribution in [-0.2, 0) is 4.74 Å². The van der Waals surface area contributed by atoms with Crippen LogP contribution < -0.4 is 0 Å². The van der Waals surface area contributed by atoms with Gasteiger partial charge in [0.05, 0.1) is 5.60 Å². The van der Waals surface area contributed by atoms with Crippen molar-refractivity contribution in [2.75, 3.05) is 26.8 Å². The maximum Gasteiger partial charge on any atom is 0.0774 e. The first-order valence-electron chi connectivity index (χ1n) is 6.20. The Morgan fingerprint density at radius 2 is 1.87 bits per heavy atom. The molecule has 88 valence electrons. The Hall–Kier alpha value is -0.120. The lowest BCUT2D eigenvalue weighted by Gasteiger charge is -2.36. The van der Waals surface area contributed by atoms with E-state index in [0.717, 1.165) is 45.4 Å². The first-order chi connectivity index (χ1) is 7.20. The fourth-order valence-corrected chi connectivity index (χ4v) is 2.91. The van der Waals surface area contributed by atoms with Gasteiger partial charge in [-0.2, -0.15) is 0 Å². The number of nitrogens with zero attached hydrogens (tertiary/aromatic N) is 1. The van der Waals surface area contributed by atoms with E-state index in [4.69, 9.17) is 4.74 Å². The van der Waals surface area contributed by atoms with Gasteiger partial charge in [0.15, 0.2) is 0 Å². The molecule has 0 aromatic heterocycles. The maximum absolute atomic E-state index is 10.3. The zero-order valence-electron chi connectivity index (χ0n) is 9.74. The van der Waals surface area contributed by atoms with Crippen molar-refractivity contribution in [3.63, 3.8) is 0 Å². The third-order valence-corrected chi connectivity index (χ3v) is 3.89. The molecule has 0 amide bonds. The van der Waals surface area contributed by atoms with Crippen molar-refractivity contribution in [1.29, 1.82) is 0 Å². The van der Waals surface area contributed by atoms with Gasteiger partial charge in [0.1, 0.15) is 0 Å². The van der Waals surface area contributed by atoms with Gasteiger partial charge < -0.3 is 14.7 Å². The van der Waals surface area contributed by atoms with Gasteiger partial charge in [0, 0.05) is 25.8 Å². The molecule has 1 saturated carbocycles. The van der Waals surface area contributed by atoms with Crippen molar-refractivity contribution in [3.8, 4) is 0 Å². The minimum absolute atomic E-state index is 0.396. The molecule has 3 nitrogen and oxygen atoms in total. The summed E-state index contributed by atoms with van der Waals surface area (Å²) in [4.78, 5) is 2.34. The number of ether oxygens (including phenoxy) is 1. The Morgan fingerprint density at radius 1 is 1.27 bits per heavy atom. The van der Waals surface area contributed by atoms with Gasteiger partial charge in [-0.15, -0.1) is 0 Å². The largest absolute Gasteiger partial charge is 0.389 e. The normalized spacial score (nSPS) is 27.4. The zero-order valence-corrected chi connectivity index (χ0v) is 9.74. The Bertz CT molecular complexity index is 196. The first kappa shape index (κ1) is 11.4. The monoisotopic (exact) mass is 213 g/mol. The van der Waals surface area contributed by atoms with Crippen LogP contribution in [0.15, 0.2) is 0 Å². The van der Waals surface area contributed by atoms with E-state index in [0.29, 0.717) is 6.04 Å². The minimum atomic E-state index is -0.396. The number of likely N-dealkylation sites (N-methyl/N-ethyl adjacent to an activating group) is 1. The molecule has 0 aromatic rings. The number of rotatable bonds is 3. The number of hydrogen-bond donors (Lipinski definition) is 1. The summed E-state index contributed by atoms with van der Waals surface area (Å²) < 4.78 is 5.36. The van der Waals surface area contributed by atoms with Crippen molar-refractivity contribution >= 4 is 0 Å². The second-order valence-electron chi connectivity index (χ2n) is 5.19. The highest BCUT2D eigenvalue weighted by Gasteiger charge is 2.34. The zero-order chi connectivity index (χ0) is 10.7. The maximum atomic E-state index is 10.3. The van der Waals surface area contributed by atoms with Crippen LogP contribution in [0.25, 0.3) is 0 Å². The molecule has 1 saturated heterocycles. The molecule has 2 fully saturated rings. The van der Waals surface area contributed by atoms with E-state index in [2.05, 4.69) is 11.9 Å². The summed E-state index contributed by atoms with van der Waals surface area (Å²) >= 11 is 0. The fourth-order valence-electron chi connectivity index (χ4n) is 2.91. The molecule has 0 radical (unpaired) electrons. The lowest BCUT2D eigenvalue weighted by Crippen LogP contribution is -2.45. The summed E-state index contributed by atoms with van der Waals surface area (Å²) in [5.74, 6) is 0. The van der Waals surface area contributed by atoms with Crippen LogP contribution in [0.4, 0.5) is 0 Å². The number of hydrogen-bond acceptors (Lipinski definition) is 3. The number of aliphatic hydroxyl groups is 1. The lowest BCUT2D eigenvalue weighted by molar-refractivity contribution is -0.0178. The van der Waals surface area contributed by atoms with Gasteiger partial charge in [-0.3, -0.25) is 0 Å². The predicted octanol–water partition coefficient (Wildman–Crippen LogP) is 1.40. The molecule has 1 aliphatic carbocycles. The van der Waals surface area contributed by atoms with Crippen LogP contribution in [0.5, 0.6) is 0 Å². The molecular weight excluding hydrogens is 190 g/mol. The van der Waals surface area contributed by atoms with Gasteiger partial charge in [-0.25, -0.2) is 0 Å². The van der Waals surface area contributed by atoms with Crippen LogP contribution in [0, 0.1) is 0 Å². The lowest BCUT2D eigenvalue weighted by atomic mass is 9.99. The molecule has 3 heteroatoms. The standard InChI is InChI=1S/C12H23NO2/c1-13(11-4-8-15-9-5-11)10-12(14)6-2-3-7-12/h11,14H,2-10H2,1H3. The molecular formula is C12H23NO2. The van der Waals surface area contributed by atoms with Crippen LogP contribution >= 0.6 is 0 Å². The molecule has 2 rings (SSSR count). The fraction of sp³-hybridized carbons (Fsp3) is 1.00. The molecule has 0 aromatic carbocycles. The van der Waals surface area contributed by atoms with Crippen molar-refractivity contribution in [1.82, 2.24) is 4.90 Å². The van der Waals surface area contributed by atoms with Gasteiger partial charge in [0.25, 0.3) is 0 Å². The van der Waals surface area contributed by atoms with Gasteiger partial charge in [-0.1, -0.05) is 12.8 Å². The summed E-state index contributed by atoms with van der Waals surface area (Å²) in [7, 11) is 2.15. The van der Waals surface area contributed by atoms with Crippen molar-refractivity contribution in [2.45, 2.75) is 50.2 Å². The topological polar surface area (TPSA) is 32.7 Å². The third-order valence-electron chi connectivity index (χ3n) is 3.89. The van der Waals surface area contributed by atoms with Crippen LogP contribution in [0.2, 0.25) is 0 Å². The Morgan fingerprint density at radius 3 is 2.47 bits per heavy atom. The summed E-state index contributed by atoms with van der Waals surface area (Å²) in [6.45, 7) is 2.61. The van der Waals surface area contributed by atoms with Crippen molar-refractivity contribution in [2.24, 2.45) is 0 Å². The molecule has 1 heterocycles. The second-order valence-corrected chi connectivity index (χ2v) is 5.19. The molecule has 0 bridgehead atoms. The van der Waals surface area contributed by atoms with Crippen LogP contribution in [0.1, 0.15) is 38.5 Å². The Kier molecular flexibility index (Phi) is 3.65. The molecule has 1 aliphatic heterocycles. The Labute approximate surface area is 92.4 Å². The van der Waals surface area contributed by atoms with Crippen molar-refractivity contribution < 1.29 is 9.84 Å². The van der Waals surface area contributed by atoms with Crippen molar-refractivity contribution in [3.05, 3.63) is 0 Å². The highest BCUT2D eigenvalue weighted by Crippen LogP contribution is 2.30. The third kappa shape index (κ3) is 2.92. The minimum Gasteiger partial charge on any atom is -0.389 e. The molecule has 1 N–H and O–H groups in total. The van der Waals surface area contributed by atoms with Gasteiger partial charge in [0.2, 0.25) is 0 Å². The molecule has 0 unspecified atom stereocenters. The molecule has 0 atom stereocenters. The quantitative estimate of drug-likeness (QED) is 0.769. The van der Waals surface area contributed by atoms with E-state index in [-0.39, 0.29) is 0 Å². The molecule has 15 heavy (non-hydrogen) atoms. The summed E-state index contributed by atoms with van der Waals surface area (Å²) in [6.07, 6.45) is 6.59. The van der Waals surface area contributed by atoms with E-state index < -0.39 is 5.60 Å². The second kappa shape index (κ2) is 4.81. The van der Waals surface area contributed by atoms with Gasteiger partial charge >= 0.3 is 0 Å². The highest BCUT2D eigenvalue weighted by molar-refractivity contribution is 4.88. The highest BCUT2D eigenvalue weighted by atomic mass is 16.5. The van der Waals surface area contributed by atoms with E-state index >= 15 is 0 Å². The van der Waals surface area contributed by atoms with E-state index in [1.165, 1.54) is 12.8 Å². The average molecular weight is 213 g/mol. The smallest absolute Gasteiger partial charge is 0.0774 e. The Balaban J connectivity index is 1.82. The SMILES string of the molecule is CN(CC1(O)CCCC1)C1CCOCC1. The molecule has 2 aliphatic rings. The van der Waals surface area contributed by atoms with E-state index in [9.17, 15) is 5.11 Å². The van der Waals surface area contributed by atoms with Crippen LogP contribution in [0.3, 0.4) is 0 Å². The summed E-state index contributed by atoms with van der Waals surface area (Å²) in [5.41, 5.74) is -0.396.